The number of methoxy groups -OCH3 is 1. The first-order valence-electron chi connectivity index (χ1n) is 5.06. The highest BCUT2D eigenvalue weighted by Crippen LogP contribution is 2.24. The molecule has 0 spiro atoms. The molecule has 0 bridgehead atoms. The molecule has 0 saturated carbocycles. The van der Waals surface area contributed by atoms with Gasteiger partial charge >= 0.3 is 0 Å². The van der Waals surface area contributed by atoms with E-state index in [4.69, 9.17) is 4.74 Å². The van der Waals surface area contributed by atoms with Crippen molar-refractivity contribution >= 4 is 17.0 Å². The van der Waals surface area contributed by atoms with Gasteiger partial charge in [-0.3, -0.25) is 4.98 Å². The normalized spacial score (nSPS) is 10.1. The van der Waals surface area contributed by atoms with Gasteiger partial charge in [0, 0.05) is 23.8 Å². The summed E-state index contributed by atoms with van der Waals surface area (Å²) in [7, 11) is 1.69. The Morgan fingerprint density at radius 2 is 2.25 bits per heavy atom. The molecule has 0 unspecified atom stereocenters. The third-order valence-electron chi connectivity index (χ3n) is 2.18. The van der Waals surface area contributed by atoms with Crippen LogP contribution < -0.4 is 10.1 Å². The quantitative estimate of drug-likeness (QED) is 0.882. The Morgan fingerprint density at radius 3 is 2.94 bits per heavy atom. The Hall–Kier alpha value is -1.55. The van der Waals surface area contributed by atoms with Crippen LogP contribution in [0.3, 0.4) is 0 Å². The first-order valence-corrected chi connectivity index (χ1v) is 5.88. The topological polar surface area (TPSA) is 34.1 Å². The van der Waals surface area contributed by atoms with Crippen molar-refractivity contribution in [2.24, 2.45) is 0 Å². The van der Waals surface area contributed by atoms with Crippen molar-refractivity contribution in [3.05, 3.63) is 41.0 Å². The Kier molecular flexibility index (Phi) is 3.41. The summed E-state index contributed by atoms with van der Waals surface area (Å²) in [5.74, 6) is 0. The summed E-state index contributed by atoms with van der Waals surface area (Å²) in [6, 6.07) is 6.13. The summed E-state index contributed by atoms with van der Waals surface area (Å²) < 4.78 is 5.14. The highest BCUT2D eigenvalue weighted by atomic mass is 32.1. The predicted molar refractivity (Wildman–Crippen MR) is 67.2 cm³/mol. The first kappa shape index (κ1) is 11.0. The van der Waals surface area contributed by atoms with Gasteiger partial charge in [-0.05, 0) is 30.7 Å². The number of hydrogen-bond donors (Lipinski definition) is 1. The number of nitrogens with one attached hydrogen (secondary N) is 1. The van der Waals surface area contributed by atoms with Crippen LogP contribution in [-0.2, 0) is 6.54 Å². The van der Waals surface area contributed by atoms with Crippen LogP contribution in [0.2, 0.25) is 0 Å². The van der Waals surface area contributed by atoms with E-state index in [0.717, 1.165) is 22.9 Å². The Labute approximate surface area is 99.1 Å². The minimum absolute atomic E-state index is 0.805. The number of nitrogens with zero attached hydrogens (tertiary/aromatic N) is 1. The fraction of sp³-hybridized carbons (Fsp3) is 0.250. The lowest BCUT2D eigenvalue weighted by Gasteiger charge is -2.04. The average molecular weight is 234 g/mol. The number of hydrogen-bond acceptors (Lipinski definition) is 4. The van der Waals surface area contributed by atoms with Crippen molar-refractivity contribution in [3.8, 4) is 5.06 Å². The molecule has 84 valence electrons. The number of anilines is 1. The lowest BCUT2D eigenvalue weighted by molar-refractivity contribution is 0.427. The Bertz CT molecular complexity index is 468. The van der Waals surface area contributed by atoms with Gasteiger partial charge in [0.25, 0.3) is 0 Å². The van der Waals surface area contributed by atoms with Gasteiger partial charge in [-0.25, -0.2) is 0 Å². The molecule has 0 aliphatic rings. The molecule has 2 heterocycles. The van der Waals surface area contributed by atoms with Crippen molar-refractivity contribution in [1.82, 2.24) is 4.98 Å². The molecule has 0 amide bonds. The highest BCUT2D eigenvalue weighted by molar-refractivity contribution is 7.13. The fourth-order valence-corrected chi connectivity index (χ4v) is 2.16. The maximum Gasteiger partial charge on any atom is 0.173 e. The minimum atomic E-state index is 0.805. The van der Waals surface area contributed by atoms with Gasteiger partial charge in [0.1, 0.15) is 0 Å². The van der Waals surface area contributed by atoms with Crippen LogP contribution in [0.25, 0.3) is 0 Å². The van der Waals surface area contributed by atoms with Crippen LogP contribution >= 0.6 is 11.3 Å². The van der Waals surface area contributed by atoms with E-state index in [0.29, 0.717) is 0 Å². The highest BCUT2D eigenvalue weighted by Gasteiger charge is 1.99. The number of aromatic nitrogens is 1. The van der Waals surface area contributed by atoms with E-state index < -0.39 is 0 Å². The molecule has 0 saturated heterocycles. The largest absolute Gasteiger partial charge is 0.487 e. The maximum atomic E-state index is 5.14. The number of pyridine rings is 1. The molecule has 2 aromatic heterocycles. The van der Waals surface area contributed by atoms with Crippen LogP contribution in [0.15, 0.2) is 30.6 Å². The van der Waals surface area contributed by atoms with Crippen molar-refractivity contribution in [2.75, 3.05) is 12.4 Å². The predicted octanol–water partition coefficient (Wildman–Crippen LogP) is 3.07. The van der Waals surface area contributed by atoms with Crippen LogP contribution in [-0.4, -0.2) is 12.1 Å². The maximum absolute atomic E-state index is 5.14. The zero-order valence-corrected chi connectivity index (χ0v) is 10.2. The molecule has 16 heavy (non-hydrogen) atoms. The van der Waals surface area contributed by atoms with Crippen LogP contribution in [0.5, 0.6) is 5.06 Å². The van der Waals surface area contributed by atoms with E-state index in [9.17, 15) is 0 Å². The minimum Gasteiger partial charge on any atom is -0.487 e. The summed E-state index contributed by atoms with van der Waals surface area (Å²) in [4.78, 5) is 5.38. The van der Waals surface area contributed by atoms with E-state index >= 15 is 0 Å². The van der Waals surface area contributed by atoms with Crippen molar-refractivity contribution in [3.63, 3.8) is 0 Å². The first-order chi connectivity index (χ1) is 7.78. The molecule has 3 nitrogen and oxygen atoms in total. The molecule has 2 aromatic rings. The van der Waals surface area contributed by atoms with Crippen molar-refractivity contribution in [1.29, 1.82) is 0 Å². The van der Waals surface area contributed by atoms with Crippen molar-refractivity contribution in [2.45, 2.75) is 13.5 Å². The summed E-state index contributed by atoms with van der Waals surface area (Å²) in [6.07, 6.45) is 3.68. The van der Waals surface area contributed by atoms with Crippen LogP contribution in [0.4, 0.5) is 5.69 Å². The van der Waals surface area contributed by atoms with Gasteiger partial charge in [0.2, 0.25) is 0 Å². The number of ether oxygens (including phenoxy) is 1. The Balaban J connectivity index is 1.96. The van der Waals surface area contributed by atoms with Gasteiger partial charge < -0.3 is 10.1 Å². The van der Waals surface area contributed by atoms with E-state index in [1.165, 1.54) is 4.88 Å². The smallest absolute Gasteiger partial charge is 0.173 e. The molecule has 0 aromatic carbocycles. The second kappa shape index (κ2) is 4.99. The molecule has 2 rings (SSSR count). The second-order valence-electron chi connectivity index (χ2n) is 3.53. The summed E-state index contributed by atoms with van der Waals surface area (Å²) in [5.41, 5.74) is 2.21. The molecule has 0 aliphatic carbocycles. The molecule has 4 heteroatoms. The Morgan fingerprint density at radius 1 is 1.38 bits per heavy atom. The third kappa shape index (κ3) is 2.73. The molecule has 0 atom stereocenters. The molecule has 0 aliphatic heterocycles. The standard InChI is InChI=1S/C12H14N2OS/c1-9-5-10(7-13-6-9)14-8-11-3-4-12(15-2)16-11/h3-7,14H,8H2,1-2H3. The summed E-state index contributed by atoms with van der Waals surface area (Å²) in [5, 5.41) is 4.28. The second-order valence-corrected chi connectivity index (χ2v) is 4.66. The van der Waals surface area contributed by atoms with Gasteiger partial charge in [-0.1, -0.05) is 0 Å². The molecule has 0 radical (unpaired) electrons. The zero-order chi connectivity index (χ0) is 11.4. The number of thiophene rings is 1. The molecule has 0 fully saturated rings. The fourth-order valence-electron chi connectivity index (χ4n) is 1.40. The molecular weight excluding hydrogens is 220 g/mol. The van der Waals surface area contributed by atoms with Crippen molar-refractivity contribution < 1.29 is 4.74 Å². The molecule has 1 N–H and O–H groups in total. The van der Waals surface area contributed by atoms with Crippen LogP contribution in [0, 0.1) is 6.92 Å². The summed E-state index contributed by atoms with van der Waals surface area (Å²) >= 11 is 1.65. The monoisotopic (exact) mass is 234 g/mol. The van der Waals surface area contributed by atoms with E-state index in [1.54, 1.807) is 18.4 Å². The lowest BCUT2D eigenvalue weighted by atomic mass is 10.3. The van der Waals surface area contributed by atoms with E-state index in [-0.39, 0.29) is 0 Å². The SMILES string of the molecule is COc1ccc(CNc2cncc(C)c2)s1. The van der Waals surface area contributed by atoms with Gasteiger partial charge in [-0.15, -0.1) is 11.3 Å². The van der Waals surface area contributed by atoms with E-state index in [1.807, 2.05) is 25.4 Å². The number of aryl methyl sites for hydroxylation is 1. The van der Waals surface area contributed by atoms with Gasteiger partial charge in [-0.2, -0.15) is 0 Å². The van der Waals surface area contributed by atoms with Gasteiger partial charge in [0.05, 0.1) is 12.8 Å². The van der Waals surface area contributed by atoms with E-state index in [2.05, 4.69) is 22.4 Å². The molecular formula is C12H14N2OS. The summed E-state index contributed by atoms with van der Waals surface area (Å²) in [6.45, 7) is 2.84. The third-order valence-corrected chi connectivity index (χ3v) is 3.23. The lowest BCUT2D eigenvalue weighted by Crippen LogP contribution is -1.97. The average Bonchev–Trinajstić information content (AvgIpc) is 2.74. The van der Waals surface area contributed by atoms with Gasteiger partial charge in [0.15, 0.2) is 5.06 Å². The number of rotatable bonds is 4. The zero-order valence-electron chi connectivity index (χ0n) is 9.36. The van der Waals surface area contributed by atoms with Crippen LogP contribution in [0.1, 0.15) is 10.4 Å².